The van der Waals surface area contributed by atoms with Crippen molar-refractivity contribution >= 4 is 29.9 Å². The summed E-state index contributed by atoms with van der Waals surface area (Å²) in [4.78, 5) is 36.2. The topological polar surface area (TPSA) is 211 Å². The second-order valence-electron chi connectivity index (χ2n) is 8.69. The number of phenols is 4. The number of hydrogen-bond acceptors (Lipinski definition) is 11. The molecule has 0 amide bonds. The highest BCUT2D eigenvalue weighted by molar-refractivity contribution is 5.94. The van der Waals surface area contributed by atoms with Crippen molar-refractivity contribution in [2.24, 2.45) is 0 Å². The molecule has 12 heteroatoms. The second-order valence-corrected chi connectivity index (χ2v) is 8.69. The molecule has 2 aromatic rings. The van der Waals surface area contributed by atoms with E-state index in [0.29, 0.717) is 11.1 Å². The lowest BCUT2D eigenvalue weighted by Gasteiger charge is -2.40. The predicted octanol–water partition coefficient (Wildman–Crippen LogP) is 1.07. The number of carbonyl (C=O) groups is 3. The van der Waals surface area contributed by atoms with E-state index in [2.05, 4.69) is 0 Å². The normalized spacial score (nSPS) is 23.5. The molecule has 4 unspecified atom stereocenters. The first-order valence-electron chi connectivity index (χ1n) is 11.3. The largest absolute Gasteiger partial charge is 0.504 e. The van der Waals surface area contributed by atoms with Crippen LogP contribution < -0.4 is 0 Å². The number of ketones is 1. The van der Waals surface area contributed by atoms with E-state index in [9.17, 15) is 50.1 Å². The molecule has 1 aliphatic carbocycles. The van der Waals surface area contributed by atoms with Gasteiger partial charge in [0, 0.05) is 18.9 Å². The maximum atomic E-state index is 12.3. The molecule has 1 saturated carbocycles. The van der Waals surface area contributed by atoms with Crippen LogP contribution in [0.4, 0.5) is 0 Å². The van der Waals surface area contributed by atoms with Gasteiger partial charge in [0.25, 0.3) is 0 Å². The molecule has 38 heavy (non-hydrogen) atoms. The lowest BCUT2D eigenvalue weighted by Crippen LogP contribution is -2.58. The monoisotopic (exact) mass is 530 g/mol. The van der Waals surface area contributed by atoms with Crippen LogP contribution >= 0.6 is 0 Å². The van der Waals surface area contributed by atoms with Crippen LogP contribution in [-0.4, -0.2) is 84.0 Å². The molecule has 0 bridgehead atoms. The van der Waals surface area contributed by atoms with Gasteiger partial charge in [-0.25, -0.2) is 9.59 Å². The molecule has 3 rings (SSSR count). The number of carboxylic acids is 1. The Morgan fingerprint density at radius 1 is 0.842 bits per heavy atom. The van der Waals surface area contributed by atoms with Gasteiger partial charge in [-0.15, -0.1) is 0 Å². The van der Waals surface area contributed by atoms with Crippen molar-refractivity contribution in [3.8, 4) is 23.0 Å². The number of hydrogen-bond donors (Lipinski definition) is 7. The van der Waals surface area contributed by atoms with Gasteiger partial charge in [-0.05, 0) is 47.5 Å². The van der Waals surface area contributed by atoms with Gasteiger partial charge in [-0.2, -0.15) is 0 Å². The van der Waals surface area contributed by atoms with E-state index < -0.39 is 66.8 Å². The zero-order valence-electron chi connectivity index (χ0n) is 19.8. The summed E-state index contributed by atoms with van der Waals surface area (Å²) in [6.45, 7) is -0.608. The molecule has 12 nitrogen and oxygen atoms in total. The van der Waals surface area contributed by atoms with Crippen LogP contribution in [0.1, 0.15) is 24.0 Å². The molecule has 4 atom stereocenters. The van der Waals surface area contributed by atoms with Gasteiger partial charge in [0.05, 0.1) is 6.10 Å². The SMILES string of the molecule is O=C(C=Cc1ccc(O)c(O)c1)COC1CC(O)(C(=O)O)CC(OC(=O)C=Cc2ccc(O)c(O)c2)C1O. The number of phenolic OH excluding ortho intramolecular Hbond substituents is 4. The first-order chi connectivity index (χ1) is 17.9. The maximum Gasteiger partial charge on any atom is 0.335 e. The standard InChI is InChI=1S/C26H26O12/c27-16(5-1-14-2-6-17(28)19(30)9-14)13-37-21-11-26(36,25(34)35)12-22(24(21)33)38-23(32)8-4-15-3-7-18(29)20(31)10-15/h1-10,21-22,24,28-31,33,36H,11-13H2,(H,34,35). The van der Waals surface area contributed by atoms with Crippen molar-refractivity contribution in [2.75, 3.05) is 6.61 Å². The summed E-state index contributed by atoms with van der Waals surface area (Å²) in [6.07, 6.45) is -1.04. The van der Waals surface area contributed by atoms with Gasteiger partial charge in [-0.3, -0.25) is 4.79 Å². The average Bonchev–Trinajstić information content (AvgIpc) is 2.86. The van der Waals surface area contributed by atoms with Crippen LogP contribution in [0.25, 0.3) is 12.2 Å². The van der Waals surface area contributed by atoms with E-state index in [0.717, 1.165) is 12.2 Å². The van der Waals surface area contributed by atoms with Crippen molar-refractivity contribution in [1.82, 2.24) is 0 Å². The van der Waals surface area contributed by atoms with Crippen LogP contribution in [0.3, 0.4) is 0 Å². The molecule has 0 heterocycles. The Balaban J connectivity index is 1.65. The summed E-state index contributed by atoms with van der Waals surface area (Å²) in [5, 5.41) is 68.4. The van der Waals surface area contributed by atoms with Crippen molar-refractivity contribution in [2.45, 2.75) is 36.8 Å². The summed E-state index contributed by atoms with van der Waals surface area (Å²) in [5.41, 5.74) is -1.68. The molecule has 7 N–H and O–H groups in total. The molecule has 0 aromatic heterocycles. The van der Waals surface area contributed by atoms with Gasteiger partial charge in [0.1, 0.15) is 18.8 Å². The minimum Gasteiger partial charge on any atom is -0.504 e. The van der Waals surface area contributed by atoms with E-state index in [-0.39, 0.29) is 17.2 Å². The van der Waals surface area contributed by atoms with Gasteiger partial charge in [0.15, 0.2) is 34.4 Å². The number of rotatable bonds is 9. The minimum atomic E-state index is -2.41. The molecule has 2 aromatic carbocycles. The summed E-state index contributed by atoms with van der Waals surface area (Å²) in [5.74, 6) is -4.71. The Bertz CT molecular complexity index is 1270. The summed E-state index contributed by atoms with van der Waals surface area (Å²) in [7, 11) is 0. The summed E-state index contributed by atoms with van der Waals surface area (Å²) < 4.78 is 10.5. The third-order valence-electron chi connectivity index (χ3n) is 5.82. The lowest BCUT2D eigenvalue weighted by atomic mass is 9.79. The Morgan fingerprint density at radius 3 is 1.89 bits per heavy atom. The summed E-state index contributed by atoms with van der Waals surface area (Å²) in [6, 6.07) is 7.66. The van der Waals surface area contributed by atoms with E-state index in [1.807, 2.05) is 0 Å². The predicted molar refractivity (Wildman–Crippen MR) is 130 cm³/mol. The Labute approximate surface area is 215 Å². The molecule has 0 saturated heterocycles. The molecule has 1 aliphatic rings. The fraction of sp³-hybridized carbons (Fsp3) is 0.269. The number of aliphatic carboxylic acids is 1. The van der Waals surface area contributed by atoms with Crippen molar-refractivity contribution < 1.29 is 59.6 Å². The molecule has 0 radical (unpaired) electrons. The number of carboxylic acid groups (broad SMARTS) is 1. The van der Waals surface area contributed by atoms with E-state index in [1.165, 1.54) is 48.6 Å². The Hall–Kier alpha value is -4.39. The molecule has 202 valence electrons. The van der Waals surface area contributed by atoms with Crippen LogP contribution in [0, 0.1) is 0 Å². The van der Waals surface area contributed by atoms with Gasteiger partial charge in [0.2, 0.25) is 0 Å². The molecule has 0 aliphatic heterocycles. The highest BCUT2D eigenvalue weighted by Crippen LogP contribution is 2.33. The Kier molecular flexibility index (Phi) is 8.73. The van der Waals surface area contributed by atoms with E-state index in [1.54, 1.807) is 0 Å². The van der Waals surface area contributed by atoms with Crippen LogP contribution in [0.2, 0.25) is 0 Å². The number of carbonyl (C=O) groups excluding carboxylic acids is 2. The highest BCUT2D eigenvalue weighted by Gasteiger charge is 2.51. The number of aromatic hydroxyl groups is 4. The van der Waals surface area contributed by atoms with Crippen molar-refractivity contribution in [1.29, 1.82) is 0 Å². The van der Waals surface area contributed by atoms with Gasteiger partial charge >= 0.3 is 11.9 Å². The van der Waals surface area contributed by atoms with E-state index >= 15 is 0 Å². The maximum absolute atomic E-state index is 12.3. The smallest absolute Gasteiger partial charge is 0.335 e. The number of aliphatic hydroxyl groups is 2. The number of benzene rings is 2. The molecule has 0 spiro atoms. The number of ether oxygens (including phenoxy) is 2. The minimum absolute atomic E-state index is 0.332. The van der Waals surface area contributed by atoms with E-state index in [4.69, 9.17) is 9.47 Å². The van der Waals surface area contributed by atoms with Crippen LogP contribution in [-0.2, 0) is 23.9 Å². The zero-order valence-corrected chi connectivity index (χ0v) is 19.8. The van der Waals surface area contributed by atoms with Crippen molar-refractivity contribution in [3.05, 3.63) is 59.7 Å². The quantitative estimate of drug-likeness (QED) is 0.138. The third kappa shape index (κ3) is 7.09. The fourth-order valence-electron chi connectivity index (χ4n) is 3.74. The second kappa shape index (κ2) is 11.8. The van der Waals surface area contributed by atoms with Crippen molar-refractivity contribution in [3.63, 3.8) is 0 Å². The van der Waals surface area contributed by atoms with Crippen LogP contribution in [0.15, 0.2) is 48.6 Å². The first kappa shape index (κ1) is 28.2. The lowest BCUT2D eigenvalue weighted by molar-refractivity contribution is -0.202. The molecular weight excluding hydrogens is 504 g/mol. The molecular formula is C26H26O12. The molecule has 1 fully saturated rings. The number of aliphatic hydroxyl groups excluding tert-OH is 1. The Morgan fingerprint density at radius 2 is 1.37 bits per heavy atom. The fourth-order valence-corrected chi connectivity index (χ4v) is 3.74. The zero-order chi connectivity index (χ0) is 28.0. The number of esters is 1. The third-order valence-corrected chi connectivity index (χ3v) is 5.82. The van der Waals surface area contributed by atoms with Gasteiger partial charge < -0.3 is 45.2 Å². The van der Waals surface area contributed by atoms with Gasteiger partial charge in [-0.1, -0.05) is 18.2 Å². The summed E-state index contributed by atoms with van der Waals surface area (Å²) >= 11 is 0. The average molecular weight is 530 g/mol. The van der Waals surface area contributed by atoms with Crippen LogP contribution in [0.5, 0.6) is 23.0 Å². The highest BCUT2D eigenvalue weighted by atomic mass is 16.6. The first-order valence-corrected chi connectivity index (χ1v) is 11.3.